The normalized spacial score (nSPS) is 18.4. The number of nitrogens with zero attached hydrogens (tertiary/aromatic N) is 3. The number of hydrogen-bond acceptors (Lipinski definition) is 4. The number of aliphatic imine (C=N–C) groups is 1. The Hall–Kier alpha value is -2.28. The van der Waals surface area contributed by atoms with Crippen LogP contribution in [0.4, 0.5) is 0 Å². The summed E-state index contributed by atoms with van der Waals surface area (Å²) in [6, 6.07) is 6.34. The summed E-state index contributed by atoms with van der Waals surface area (Å²) >= 11 is 0. The minimum Gasteiger partial charge on any atom is -0.496 e. The average Bonchev–Trinajstić information content (AvgIpc) is 2.80. The van der Waals surface area contributed by atoms with E-state index in [1.807, 2.05) is 4.90 Å². The maximum absolute atomic E-state index is 12.8. The van der Waals surface area contributed by atoms with Crippen molar-refractivity contribution in [3.8, 4) is 5.75 Å². The van der Waals surface area contributed by atoms with E-state index < -0.39 is 0 Å². The number of piperidine rings is 1. The van der Waals surface area contributed by atoms with Crippen molar-refractivity contribution in [3.63, 3.8) is 0 Å². The summed E-state index contributed by atoms with van der Waals surface area (Å²) in [5.74, 6) is 2.31. The zero-order valence-corrected chi connectivity index (χ0v) is 18.7. The van der Waals surface area contributed by atoms with Gasteiger partial charge in [0, 0.05) is 45.2 Å². The number of aryl methyl sites for hydroxylation is 1. The number of guanidine groups is 1. The molecule has 2 aliphatic rings. The van der Waals surface area contributed by atoms with Gasteiger partial charge in [0.2, 0.25) is 5.91 Å². The van der Waals surface area contributed by atoms with E-state index in [1.165, 1.54) is 5.56 Å². The van der Waals surface area contributed by atoms with Crippen LogP contribution in [-0.2, 0) is 16.0 Å². The second-order valence-corrected chi connectivity index (χ2v) is 7.99. The Labute approximate surface area is 180 Å². The number of nitrogens with one attached hydrogen (secondary N) is 1. The van der Waals surface area contributed by atoms with Gasteiger partial charge in [0.25, 0.3) is 0 Å². The van der Waals surface area contributed by atoms with Crippen molar-refractivity contribution in [2.75, 3.05) is 59.6 Å². The van der Waals surface area contributed by atoms with E-state index >= 15 is 0 Å². The van der Waals surface area contributed by atoms with Gasteiger partial charge in [-0.15, -0.1) is 0 Å². The highest BCUT2D eigenvalue weighted by Gasteiger charge is 2.30. The van der Waals surface area contributed by atoms with Crippen LogP contribution in [0.15, 0.2) is 23.2 Å². The summed E-state index contributed by atoms with van der Waals surface area (Å²) in [6.07, 6.45) is 2.64. The number of carbonyl (C=O) groups excluding carboxylic acids is 1. The van der Waals surface area contributed by atoms with Crippen LogP contribution in [-0.4, -0.2) is 81.3 Å². The number of rotatable bonds is 6. The average molecular weight is 417 g/mol. The standard InChI is InChI=1S/C23H36N4O3/c1-4-24-23(25-10-7-19-6-5-18(2)21(17-19)29-3)27-11-8-20(9-12-27)22(28)26-13-15-30-16-14-26/h5-6,17,20H,4,7-16H2,1-3H3,(H,24,25). The maximum Gasteiger partial charge on any atom is 0.225 e. The summed E-state index contributed by atoms with van der Waals surface area (Å²) in [6.45, 7) is 10.2. The van der Waals surface area contributed by atoms with Gasteiger partial charge in [0.15, 0.2) is 5.96 Å². The van der Waals surface area contributed by atoms with Crippen LogP contribution in [0.3, 0.4) is 0 Å². The van der Waals surface area contributed by atoms with Gasteiger partial charge >= 0.3 is 0 Å². The Morgan fingerprint density at radius 3 is 2.60 bits per heavy atom. The van der Waals surface area contributed by atoms with Gasteiger partial charge in [-0.1, -0.05) is 12.1 Å². The Bertz CT molecular complexity index is 723. The molecule has 0 atom stereocenters. The maximum atomic E-state index is 12.8. The Morgan fingerprint density at radius 2 is 1.93 bits per heavy atom. The first-order valence-electron chi connectivity index (χ1n) is 11.2. The predicted molar refractivity (Wildman–Crippen MR) is 119 cm³/mol. The van der Waals surface area contributed by atoms with E-state index in [0.29, 0.717) is 19.1 Å². The fourth-order valence-electron chi connectivity index (χ4n) is 4.12. The number of ether oxygens (including phenoxy) is 2. The monoisotopic (exact) mass is 416 g/mol. The van der Waals surface area contributed by atoms with Crippen LogP contribution in [0.5, 0.6) is 5.75 Å². The van der Waals surface area contributed by atoms with E-state index in [0.717, 1.165) is 75.8 Å². The molecule has 2 aliphatic heterocycles. The quantitative estimate of drug-likeness (QED) is 0.568. The molecule has 1 N–H and O–H groups in total. The Balaban J connectivity index is 1.52. The van der Waals surface area contributed by atoms with Gasteiger partial charge in [-0.3, -0.25) is 9.79 Å². The molecule has 2 heterocycles. The smallest absolute Gasteiger partial charge is 0.225 e. The lowest BCUT2D eigenvalue weighted by molar-refractivity contribution is -0.140. The van der Waals surface area contributed by atoms with Crippen LogP contribution < -0.4 is 10.1 Å². The first-order valence-corrected chi connectivity index (χ1v) is 11.2. The third kappa shape index (κ3) is 5.88. The largest absolute Gasteiger partial charge is 0.496 e. The molecule has 2 saturated heterocycles. The predicted octanol–water partition coefficient (Wildman–Crippen LogP) is 2.08. The molecule has 7 heteroatoms. The minimum atomic E-state index is 0.127. The van der Waals surface area contributed by atoms with Crippen LogP contribution in [0.2, 0.25) is 0 Å². The molecule has 0 spiro atoms. The highest BCUT2D eigenvalue weighted by atomic mass is 16.5. The lowest BCUT2D eigenvalue weighted by atomic mass is 9.95. The molecule has 0 saturated carbocycles. The van der Waals surface area contributed by atoms with Gasteiger partial charge in [-0.25, -0.2) is 0 Å². The first kappa shape index (κ1) is 22.4. The Kier molecular flexibility index (Phi) is 8.37. The van der Waals surface area contributed by atoms with Gasteiger partial charge in [0.1, 0.15) is 5.75 Å². The van der Waals surface area contributed by atoms with E-state index in [9.17, 15) is 4.79 Å². The molecule has 0 unspecified atom stereocenters. The molecule has 7 nitrogen and oxygen atoms in total. The summed E-state index contributed by atoms with van der Waals surface area (Å²) in [4.78, 5) is 21.9. The van der Waals surface area contributed by atoms with E-state index in [1.54, 1.807) is 7.11 Å². The van der Waals surface area contributed by atoms with Crippen LogP contribution >= 0.6 is 0 Å². The summed E-state index contributed by atoms with van der Waals surface area (Å²) in [5.41, 5.74) is 2.37. The second-order valence-electron chi connectivity index (χ2n) is 7.99. The zero-order valence-electron chi connectivity index (χ0n) is 18.7. The van der Waals surface area contributed by atoms with Crippen LogP contribution in [0, 0.1) is 12.8 Å². The zero-order chi connectivity index (χ0) is 21.3. The third-order valence-electron chi connectivity index (χ3n) is 5.94. The van der Waals surface area contributed by atoms with Crippen molar-refractivity contribution < 1.29 is 14.3 Å². The molecular formula is C23H36N4O3. The lowest BCUT2D eigenvalue weighted by Gasteiger charge is -2.36. The number of methoxy groups -OCH3 is 1. The molecule has 166 valence electrons. The minimum absolute atomic E-state index is 0.127. The number of amides is 1. The van der Waals surface area contributed by atoms with Crippen LogP contribution in [0.25, 0.3) is 0 Å². The van der Waals surface area contributed by atoms with Crippen molar-refractivity contribution in [3.05, 3.63) is 29.3 Å². The number of hydrogen-bond donors (Lipinski definition) is 1. The topological polar surface area (TPSA) is 66.4 Å². The molecule has 1 amide bonds. The van der Waals surface area contributed by atoms with Crippen molar-refractivity contribution in [1.29, 1.82) is 0 Å². The van der Waals surface area contributed by atoms with Gasteiger partial charge < -0.3 is 24.6 Å². The summed E-state index contributed by atoms with van der Waals surface area (Å²) in [5, 5.41) is 3.42. The molecule has 0 radical (unpaired) electrons. The fourth-order valence-corrected chi connectivity index (χ4v) is 4.12. The second kappa shape index (κ2) is 11.2. The van der Waals surface area contributed by atoms with Gasteiger partial charge in [-0.05, 0) is 50.3 Å². The van der Waals surface area contributed by atoms with Crippen molar-refractivity contribution in [2.45, 2.75) is 33.1 Å². The molecule has 0 aromatic heterocycles. The number of carbonyl (C=O) groups is 1. The highest BCUT2D eigenvalue weighted by Crippen LogP contribution is 2.21. The molecule has 0 bridgehead atoms. The molecule has 1 aromatic rings. The third-order valence-corrected chi connectivity index (χ3v) is 5.94. The number of benzene rings is 1. The number of likely N-dealkylation sites (tertiary alicyclic amines) is 1. The molecule has 0 aliphatic carbocycles. The molecule has 1 aromatic carbocycles. The highest BCUT2D eigenvalue weighted by molar-refractivity contribution is 5.82. The SMILES string of the molecule is CCNC(=NCCc1ccc(C)c(OC)c1)N1CCC(C(=O)N2CCOCC2)CC1. The summed E-state index contributed by atoms with van der Waals surface area (Å²) < 4.78 is 10.8. The van der Waals surface area contributed by atoms with Gasteiger partial charge in [-0.2, -0.15) is 0 Å². The Morgan fingerprint density at radius 1 is 1.20 bits per heavy atom. The summed E-state index contributed by atoms with van der Waals surface area (Å²) in [7, 11) is 1.71. The van der Waals surface area contributed by atoms with E-state index in [-0.39, 0.29) is 5.92 Å². The van der Waals surface area contributed by atoms with Crippen LogP contribution in [0.1, 0.15) is 30.9 Å². The van der Waals surface area contributed by atoms with Crippen molar-refractivity contribution in [1.82, 2.24) is 15.1 Å². The molecular weight excluding hydrogens is 380 g/mol. The number of morpholine rings is 1. The molecule has 30 heavy (non-hydrogen) atoms. The lowest BCUT2D eigenvalue weighted by Crippen LogP contribution is -2.50. The first-order chi connectivity index (χ1) is 14.6. The van der Waals surface area contributed by atoms with Crippen molar-refractivity contribution in [2.24, 2.45) is 10.9 Å². The van der Waals surface area contributed by atoms with Crippen molar-refractivity contribution >= 4 is 11.9 Å². The fraction of sp³-hybridized carbons (Fsp3) is 0.652. The molecule has 3 rings (SSSR count). The van der Waals surface area contributed by atoms with E-state index in [4.69, 9.17) is 14.5 Å². The molecule has 2 fully saturated rings. The van der Waals surface area contributed by atoms with Gasteiger partial charge in [0.05, 0.1) is 20.3 Å². The van der Waals surface area contributed by atoms with E-state index in [2.05, 4.69) is 42.3 Å².